The minimum Gasteiger partial charge on any atom is -0.481 e. The standard InChI is InChI=1S/C9H10O2S/c1-6-4-12-5-7(6)9(2-3-9)8(10)11/h4-5H,2-3H2,1H3,(H,10,11). The van der Waals surface area contributed by atoms with E-state index in [1.165, 1.54) is 0 Å². The fourth-order valence-electron chi connectivity index (χ4n) is 1.57. The smallest absolute Gasteiger partial charge is 0.314 e. The summed E-state index contributed by atoms with van der Waals surface area (Å²) in [5, 5.41) is 13.0. The topological polar surface area (TPSA) is 37.3 Å². The second kappa shape index (κ2) is 2.33. The van der Waals surface area contributed by atoms with Gasteiger partial charge >= 0.3 is 5.97 Å². The lowest BCUT2D eigenvalue weighted by atomic mass is 9.96. The minimum absolute atomic E-state index is 0.510. The molecule has 1 aliphatic rings. The van der Waals surface area contributed by atoms with Gasteiger partial charge in [0.15, 0.2) is 0 Å². The molecule has 2 nitrogen and oxygen atoms in total. The lowest BCUT2D eigenvalue weighted by molar-refractivity contribution is -0.140. The van der Waals surface area contributed by atoms with Crippen LogP contribution >= 0.6 is 11.3 Å². The molecule has 1 aromatic heterocycles. The van der Waals surface area contributed by atoms with Crippen molar-refractivity contribution < 1.29 is 9.90 Å². The predicted molar refractivity (Wildman–Crippen MR) is 47.6 cm³/mol. The lowest BCUT2D eigenvalue weighted by Crippen LogP contribution is -2.19. The first-order chi connectivity index (χ1) is 5.67. The van der Waals surface area contributed by atoms with Gasteiger partial charge in [-0.25, -0.2) is 0 Å². The average Bonchev–Trinajstić information content (AvgIpc) is 2.71. The Hall–Kier alpha value is -0.830. The number of carboxylic acid groups (broad SMARTS) is 1. The van der Waals surface area contributed by atoms with Gasteiger partial charge < -0.3 is 5.11 Å². The van der Waals surface area contributed by atoms with Crippen LogP contribution in [-0.2, 0) is 10.2 Å². The van der Waals surface area contributed by atoms with Gasteiger partial charge in [-0.1, -0.05) is 0 Å². The molecule has 0 aromatic carbocycles. The van der Waals surface area contributed by atoms with E-state index in [4.69, 9.17) is 5.11 Å². The van der Waals surface area contributed by atoms with Crippen LogP contribution in [0.2, 0.25) is 0 Å². The van der Waals surface area contributed by atoms with E-state index in [9.17, 15) is 4.79 Å². The number of hydrogen-bond acceptors (Lipinski definition) is 2. The summed E-state index contributed by atoms with van der Waals surface area (Å²) in [7, 11) is 0. The number of carbonyl (C=O) groups is 1. The van der Waals surface area contributed by atoms with Gasteiger partial charge in [0.05, 0.1) is 5.41 Å². The Labute approximate surface area is 74.8 Å². The van der Waals surface area contributed by atoms with Crippen LogP contribution in [0.4, 0.5) is 0 Å². The molecule has 0 atom stereocenters. The Bertz CT molecular complexity index is 323. The van der Waals surface area contributed by atoms with Crippen molar-refractivity contribution in [2.75, 3.05) is 0 Å². The molecule has 2 rings (SSSR count). The Balaban J connectivity index is 2.43. The molecule has 0 spiro atoms. The summed E-state index contributed by atoms with van der Waals surface area (Å²) in [6.45, 7) is 1.98. The predicted octanol–water partition coefficient (Wildman–Crippen LogP) is 2.17. The van der Waals surface area contributed by atoms with Crippen LogP contribution in [0.3, 0.4) is 0 Å². The molecule has 64 valence electrons. The van der Waals surface area contributed by atoms with Gasteiger partial charge in [0.25, 0.3) is 0 Å². The molecular weight excluding hydrogens is 172 g/mol. The normalized spacial score (nSPS) is 19.1. The van der Waals surface area contributed by atoms with Crippen LogP contribution in [0, 0.1) is 6.92 Å². The van der Waals surface area contributed by atoms with Crippen LogP contribution in [0.25, 0.3) is 0 Å². The van der Waals surface area contributed by atoms with E-state index >= 15 is 0 Å². The Morgan fingerprint density at radius 2 is 2.25 bits per heavy atom. The third-order valence-electron chi connectivity index (χ3n) is 2.53. The monoisotopic (exact) mass is 182 g/mol. The van der Waals surface area contributed by atoms with E-state index in [0.29, 0.717) is 0 Å². The second-order valence-electron chi connectivity index (χ2n) is 3.36. The Morgan fingerprint density at radius 3 is 2.58 bits per heavy atom. The molecule has 1 N–H and O–H groups in total. The number of carboxylic acids is 1. The van der Waals surface area contributed by atoms with Gasteiger partial charge in [-0.05, 0) is 41.7 Å². The van der Waals surface area contributed by atoms with Gasteiger partial charge in [0.2, 0.25) is 0 Å². The zero-order valence-corrected chi connectivity index (χ0v) is 7.65. The molecule has 0 bridgehead atoms. The van der Waals surface area contributed by atoms with Gasteiger partial charge in [-0.2, -0.15) is 11.3 Å². The number of aryl methyl sites for hydroxylation is 1. The van der Waals surface area contributed by atoms with Crippen LogP contribution < -0.4 is 0 Å². The van der Waals surface area contributed by atoms with E-state index in [1.54, 1.807) is 11.3 Å². The molecule has 12 heavy (non-hydrogen) atoms. The first-order valence-corrected chi connectivity index (χ1v) is 4.88. The highest BCUT2D eigenvalue weighted by Crippen LogP contribution is 2.50. The highest BCUT2D eigenvalue weighted by atomic mass is 32.1. The zero-order chi connectivity index (χ0) is 8.77. The summed E-state index contributed by atoms with van der Waals surface area (Å²) in [5.41, 5.74) is 1.64. The fourth-order valence-corrected chi connectivity index (χ4v) is 2.52. The van der Waals surface area contributed by atoms with Crippen molar-refractivity contribution in [2.45, 2.75) is 25.2 Å². The average molecular weight is 182 g/mol. The molecule has 1 aliphatic carbocycles. The summed E-state index contributed by atoms with van der Waals surface area (Å²) in [4.78, 5) is 10.9. The number of thiophene rings is 1. The quantitative estimate of drug-likeness (QED) is 0.761. The summed E-state index contributed by atoms with van der Waals surface area (Å²) >= 11 is 1.59. The maximum absolute atomic E-state index is 10.9. The molecule has 1 fully saturated rings. The molecule has 0 saturated heterocycles. The van der Waals surface area contributed by atoms with Gasteiger partial charge in [0, 0.05) is 0 Å². The van der Waals surface area contributed by atoms with Crippen molar-refractivity contribution in [1.29, 1.82) is 0 Å². The first-order valence-electron chi connectivity index (χ1n) is 3.93. The zero-order valence-electron chi connectivity index (χ0n) is 6.83. The van der Waals surface area contributed by atoms with Gasteiger partial charge in [-0.3, -0.25) is 4.79 Å². The molecular formula is C9H10O2S. The van der Waals surface area contributed by atoms with Gasteiger partial charge in [-0.15, -0.1) is 0 Å². The van der Waals surface area contributed by atoms with Crippen molar-refractivity contribution in [2.24, 2.45) is 0 Å². The van der Waals surface area contributed by atoms with Crippen molar-refractivity contribution in [3.63, 3.8) is 0 Å². The van der Waals surface area contributed by atoms with E-state index in [2.05, 4.69) is 0 Å². The third-order valence-corrected chi connectivity index (χ3v) is 3.39. The molecule has 1 saturated carbocycles. The van der Waals surface area contributed by atoms with E-state index < -0.39 is 11.4 Å². The van der Waals surface area contributed by atoms with Crippen LogP contribution in [0.15, 0.2) is 10.8 Å². The molecule has 1 heterocycles. The molecule has 1 aromatic rings. The van der Waals surface area contributed by atoms with E-state index in [0.717, 1.165) is 24.0 Å². The van der Waals surface area contributed by atoms with Crippen molar-refractivity contribution in [3.05, 3.63) is 21.9 Å². The maximum Gasteiger partial charge on any atom is 0.314 e. The molecule has 0 amide bonds. The second-order valence-corrected chi connectivity index (χ2v) is 4.10. The third kappa shape index (κ3) is 0.894. The summed E-state index contributed by atoms with van der Waals surface area (Å²) in [5.74, 6) is -0.663. The van der Waals surface area contributed by atoms with E-state index in [1.807, 2.05) is 17.7 Å². The van der Waals surface area contributed by atoms with Crippen LogP contribution in [0.5, 0.6) is 0 Å². The molecule has 0 unspecified atom stereocenters. The van der Waals surface area contributed by atoms with Crippen molar-refractivity contribution >= 4 is 17.3 Å². The largest absolute Gasteiger partial charge is 0.481 e. The molecule has 0 aliphatic heterocycles. The maximum atomic E-state index is 10.9. The summed E-state index contributed by atoms with van der Waals surface area (Å²) < 4.78 is 0. The highest BCUT2D eigenvalue weighted by Gasteiger charge is 2.52. The van der Waals surface area contributed by atoms with Crippen LogP contribution in [-0.4, -0.2) is 11.1 Å². The SMILES string of the molecule is Cc1cscc1C1(C(=O)O)CC1. The number of hydrogen-bond donors (Lipinski definition) is 1. The highest BCUT2D eigenvalue weighted by molar-refractivity contribution is 7.08. The Kier molecular flexibility index (Phi) is 1.51. The van der Waals surface area contributed by atoms with Gasteiger partial charge in [0.1, 0.15) is 0 Å². The number of aliphatic carboxylic acids is 1. The molecule has 0 radical (unpaired) electrons. The number of rotatable bonds is 2. The first kappa shape index (κ1) is 7.80. The Morgan fingerprint density at radius 1 is 1.58 bits per heavy atom. The fraction of sp³-hybridized carbons (Fsp3) is 0.444. The molecule has 3 heteroatoms. The van der Waals surface area contributed by atoms with Crippen molar-refractivity contribution in [1.82, 2.24) is 0 Å². The summed E-state index contributed by atoms with van der Waals surface area (Å²) in [6.07, 6.45) is 1.61. The summed E-state index contributed by atoms with van der Waals surface area (Å²) in [6, 6.07) is 0. The van der Waals surface area contributed by atoms with E-state index in [-0.39, 0.29) is 0 Å². The van der Waals surface area contributed by atoms with Crippen LogP contribution in [0.1, 0.15) is 24.0 Å². The minimum atomic E-state index is -0.663. The lowest BCUT2D eigenvalue weighted by Gasteiger charge is -2.08. The van der Waals surface area contributed by atoms with Crippen molar-refractivity contribution in [3.8, 4) is 0 Å².